The summed E-state index contributed by atoms with van der Waals surface area (Å²) in [4.78, 5) is 24.1. The van der Waals surface area contributed by atoms with Gasteiger partial charge in [-0.1, -0.05) is 19.1 Å². The summed E-state index contributed by atoms with van der Waals surface area (Å²) in [7, 11) is 2.77. The molecule has 0 aliphatic heterocycles. The third-order valence-electron chi connectivity index (χ3n) is 3.61. The number of amides is 1. The molecule has 1 aromatic rings. The van der Waals surface area contributed by atoms with Crippen molar-refractivity contribution in [2.45, 2.75) is 45.4 Å². The minimum atomic E-state index is -1.06. The van der Waals surface area contributed by atoms with E-state index < -0.39 is 35.7 Å². The molecule has 2 N–H and O–H groups in total. The second kappa shape index (κ2) is 8.71. The van der Waals surface area contributed by atoms with E-state index >= 15 is 0 Å². The lowest BCUT2D eigenvalue weighted by Gasteiger charge is -2.28. The first-order valence-corrected chi connectivity index (χ1v) is 7.98. The van der Waals surface area contributed by atoms with Crippen LogP contribution in [0.15, 0.2) is 24.3 Å². The molecule has 0 bridgehead atoms. The number of alkyl carbamates (subject to hydrolysis) is 1. The maximum Gasteiger partial charge on any atom is 0.408 e. The summed E-state index contributed by atoms with van der Waals surface area (Å²) in [5.74, 6) is -0.653. The van der Waals surface area contributed by atoms with Gasteiger partial charge >= 0.3 is 12.1 Å². The van der Waals surface area contributed by atoms with Gasteiger partial charge in [-0.2, -0.15) is 0 Å². The minimum Gasteiger partial charge on any atom is -0.497 e. The highest BCUT2D eigenvalue weighted by Crippen LogP contribution is 2.27. The largest absolute Gasteiger partial charge is 0.497 e. The van der Waals surface area contributed by atoms with Crippen molar-refractivity contribution >= 4 is 12.1 Å². The molecule has 0 saturated carbocycles. The van der Waals surface area contributed by atoms with Gasteiger partial charge in [-0.3, -0.25) is 0 Å². The van der Waals surface area contributed by atoms with Gasteiger partial charge in [-0.15, -0.1) is 0 Å². The fraction of sp³-hybridized carbons (Fsp3) is 0.556. The predicted octanol–water partition coefficient (Wildman–Crippen LogP) is 2.43. The van der Waals surface area contributed by atoms with Crippen LogP contribution in [0, 0.1) is 5.92 Å². The van der Waals surface area contributed by atoms with E-state index in [9.17, 15) is 14.7 Å². The van der Waals surface area contributed by atoms with E-state index in [-0.39, 0.29) is 0 Å². The van der Waals surface area contributed by atoms with E-state index in [1.807, 2.05) is 0 Å². The number of aliphatic hydroxyl groups is 1. The molecule has 25 heavy (non-hydrogen) atoms. The van der Waals surface area contributed by atoms with Crippen LogP contribution in [0.1, 0.15) is 39.4 Å². The average Bonchev–Trinajstić information content (AvgIpc) is 2.56. The van der Waals surface area contributed by atoms with Gasteiger partial charge in [0.15, 0.2) is 0 Å². The number of hydrogen-bond donors (Lipinski definition) is 2. The van der Waals surface area contributed by atoms with Crippen molar-refractivity contribution in [3.8, 4) is 5.75 Å². The lowest BCUT2D eigenvalue weighted by Crippen LogP contribution is -2.49. The van der Waals surface area contributed by atoms with Gasteiger partial charge in [-0.25, -0.2) is 9.59 Å². The number of hydrogen-bond acceptors (Lipinski definition) is 6. The minimum absolute atomic E-state index is 0.591. The molecule has 0 aliphatic carbocycles. The lowest BCUT2D eigenvalue weighted by molar-refractivity contribution is -0.145. The summed E-state index contributed by atoms with van der Waals surface area (Å²) in [6.07, 6.45) is -1.75. The summed E-state index contributed by atoms with van der Waals surface area (Å²) in [5, 5.41) is 13.0. The number of esters is 1. The smallest absolute Gasteiger partial charge is 0.408 e. The third-order valence-corrected chi connectivity index (χ3v) is 3.61. The number of aliphatic hydroxyl groups excluding tert-OH is 1. The van der Waals surface area contributed by atoms with Crippen molar-refractivity contribution in [2.75, 3.05) is 14.2 Å². The molecule has 0 unspecified atom stereocenters. The van der Waals surface area contributed by atoms with Gasteiger partial charge in [0.1, 0.15) is 17.4 Å². The highest BCUT2D eigenvalue weighted by Gasteiger charge is 2.34. The highest BCUT2D eigenvalue weighted by molar-refractivity contribution is 5.81. The summed E-state index contributed by atoms with van der Waals surface area (Å²) in [6.45, 7) is 6.80. The van der Waals surface area contributed by atoms with E-state index in [1.165, 1.54) is 7.11 Å². The third kappa shape index (κ3) is 6.26. The average molecular weight is 353 g/mol. The highest BCUT2D eigenvalue weighted by atomic mass is 16.6. The fourth-order valence-corrected chi connectivity index (χ4v) is 2.25. The predicted molar refractivity (Wildman–Crippen MR) is 92.3 cm³/mol. The lowest BCUT2D eigenvalue weighted by atomic mass is 9.90. The SMILES string of the molecule is COC(=O)[C@@H](NC(=O)OC(C)(C)C)[C@H](C)[C@H](O)c1ccc(OC)cc1. The molecule has 1 aromatic carbocycles. The molecule has 0 aliphatic rings. The number of rotatable bonds is 6. The van der Waals surface area contributed by atoms with Crippen LogP contribution in [0.2, 0.25) is 0 Å². The Morgan fingerprint density at radius 3 is 2.12 bits per heavy atom. The van der Waals surface area contributed by atoms with Crippen LogP contribution < -0.4 is 10.1 Å². The zero-order valence-electron chi connectivity index (χ0n) is 15.5. The van der Waals surface area contributed by atoms with Crippen LogP contribution in [0.5, 0.6) is 5.75 Å². The zero-order chi connectivity index (χ0) is 19.2. The molecular formula is C18H27NO6. The van der Waals surface area contributed by atoms with Crippen molar-refractivity contribution in [3.05, 3.63) is 29.8 Å². The molecule has 3 atom stereocenters. The Bertz CT molecular complexity index is 578. The van der Waals surface area contributed by atoms with Crippen LogP contribution in [0.4, 0.5) is 4.79 Å². The van der Waals surface area contributed by atoms with Crippen LogP contribution in [0.3, 0.4) is 0 Å². The fourth-order valence-electron chi connectivity index (χ4n) is 2.25. The number of carbonyl (C=O) groups is 2. The molecule has 0 heterocycles. The van der Waals surface area contributed by atoms with Crippen LogP contribution >= 0.6 is 0 Å². The second-order valence-electron chi connectivity index (χ2n) is 6.72. The Morgan fingerprint density at radius 1 is 1.12 bits per heavy atom. The first kappa shape index (κ1) is 20.8. The van der Waals surface area contributed by atoms with Gasteiger partial charge in [0.05, 0.1) is 20.3 Å². The number of nitrogens with one attached hydrogen (secondary N) is 1. The summed E-state index contributed by atoms with van der Waals surface area (Å²) >= 11 is 0. The van der Waals surface area contributed by atoms with Gasteiger partial charge in [0, 0.05) is 5.92 Å². The molecule has 0 fully saturated rings. The Balaban J connectivity index is 2.92. The first-order valence-electron chi connectivity index (χ1n) is 7.98. The maximum absolute atomic E-state index is 12.1. The van der Waals surface area contributed by atoms with Crippen molar-refractivity contribution in [3.63, 3.8) is 0 Å². The molecule has 0 saturated heterocycles. The monoisotopic (exact) mass is 353 g/mol. The van der Waals surface area contributed by atoms with Crippen LogP contribution in [-0.2, 0) is 14.3 Å². The molecule has 1 amide bonds. The van der Waals surface area contributed by atoms with Gasteiger partial charge in [0.2, 0.25) is 0 Å². The quantitative estimate of drug-likeness (QED) is 0.763. The molecule has 1 rings (SSSR count). The number of methoxy groups -OCH3 is 2. The molecule has 7 heteroatoms. The van der Waals surface area contributed by atoms with E-state index in [0.29, 0.717) is 11.3 Å². The molecule has 7 nitrogen and oxygen atoms in total. The molecule has 0 spiro atoms. The normalized spacial score (nSPS) is 14.8. The standard InChI is InChI=1S/C18H27NO6/c1-11(15(20)12-7-9-13(23-5)10-8-12)14(16(21)24-6)19-17(22)25-18(2,3)4/h7-11,14-15,20H,1-6H3,(H,19,22)/t11-,14-,15-/m0/s1. The Morgan fingerprint density at radius 2 is 1.68 bits per heavy atom. The van der Waals surface area contributed by atoms with Crippen molar-refractivity contribution < 1.29 is 28.9 Å². The Labute approximate surface area is 148 Å². The maximum atomic E-state index is 12.1. The molecule has 0 radical (unpaired) electrons. The summed E-state index contributed by atoms with van der Waals surface area (Å²) < 4.78 is 15.0. The van der Waals surface area contributed by atoms with E-state index in [4.69, 9.17) is 14.2 Å². The zero-order valence-corrected chi connectivity index (χ0v) is 15.5. The van der Waals surface area contributed by atoms with E-state index in [2.05, 4.69) is 5.32 Å². The van der Waals surface area contributed by atoms with Crippen molar-refractivity contribution in [1.82, 2.24) is 5.32 Å². The number of ether oxygens (including phenoxy) is 3. The Hall–Kier alpha value is -2.28. The molecular weight excluding hydrogens is 326 g/mol. The second-order valence-corrected chi connectivity index (χ2v) is 6.72. The van der Waals surface area contributed by atoms with Gasteiger partial charge in [-0.05, 0) is 38.5 Å². The first-order chi connectivity index (χ1) is 11.6. The Kier molecular flexibility index (Phi) is 7.23. The van der Waals surface area contributed by atoms with Crippen LogP contribution in [0.25, 0.3) is 0 Å². The van der Waals surface area contributed by atoms with E-state index in [0.717, 1.165) is 0 Å². The number of carbonyl (C=O) groups excluding carboxylic acids is 2. The van der Waals surface area contributed by atoms with Gasteiger partial charge in [0.25, 0.3) is 0 Å². The molecule has 140 valence electrons. The molecule has 0 aromatic heterocycles. The summed E-state index contributed by atoms with van der Waals surface area (Å²) in [5.41, 5.74) is -0.115. The summed E-state index contributed by atoms with van der Waals surface area (Å²) in [6, 6.07) is 5.75. The van der Waals surface area contributed by atoms with Crippen LogP contribution in [-0.4, -0.2) is 43.0 Å². The van der Waals surface area contributed by atoms with E-state index in [1.54, 1.807) is 59.1 Å². The topological polar surface area (TPSA) is 94.1 Å². The van der Waals surface area contributed by atoms with Crippen molar-refractivity contribution in [2.24, 2.45) is 5.92 Å². The van der Waals surface area contributed by atoms with Crippen molar-refractivity contribution in [1.29, 1.82) is 0 Å². The van der Waals surface area contributed by atoms with Gasteiger partial charge < -0.3 is 24.6 Å². The number of benzene rings is 1.